The van der Waals surface area contributed by atoms with E-state index in [2.05, 4.69) is 63.5 Å². The number of aromatic nitrogens is 2. The fraction of sp³-hybridized carbons (Fsp3) is 0.308. The zero-order valence-corrected chi connectivity index (χ0v) is 11.9. The largest absolute Gasteiger partial charge is 0.314 e. The van der Waals surface area contributed by atoms with Gasteiger partial charge in [0.1, 0.15) is 5.69 Å². The van der Waals surface area contributed by atoms with Crippen molar-refractivity contribution in [3.63, 3.8) is 0 Å². The van der Waals surface area contributed by atoms with Crippen LogP contribution in [-0.4, -0.2) is 17.2 Å². The third-order valence-electron chi connectivity index (χ3n) is 2.78. The van der Waals surface area contributed by atoms with E-state index in [1.165, 1.54) is 16.7 Å². The van der Waals surface area contributed by atoms with E-state index in [0.29, 0.717) is 0 Å². The van der Waals surface area contributed by atoms with Gasteiger partial charge in [0.2, 0.25) is 0 Å². The van der Waals surface area contributed by atoms with Crippen molar-refractivity contribution in [2.24, 2.45) is 0 Å². The number of nitrogens with zero attached hydrogens (tertiary/aromatic N) is 1. The van der Waals surface area contributed by atoms with Crippen molar-refractivity contribution >= 4 is 15.9 Å². The number of aromatic amines is 1. The maximum absolute atomic E-state index is 4.39. The van der Waals surface area contributed by atoms with E-state index < -0.39 is 0 Å². The summed E-state index contributed by atoms with van der Waals surface area (Å²) in [5, 5.41) is 10.6. The molecule has 0 saturated carbocycles. The Balaban J connectivity index is 2.49. The molecule has 0 bridgehead atoms. The van der Waals surface area contributed by atoms with Crippen molar-refractivity contribution in [3.8, 4) is 11.3 Å². The average molecular weight is 294 g/mol. The van der Waals surface area contributed by atoms with Gasteiger partial charge < -0.3 is 5.32 Å². The molecule has 1 aromatic carbocycles. The monoisotopic (exact) mass is 293 g/mol. The predicted molar refractivity (Wildman–Crippen MR) is 74.0 cm³/mol. The van der Waals surface area contributed by atoms with Crippen molar-refractivity contribution in [3.05, 3.63) is 39.5 Å². The molecule has 17 heavy (non-hydrogen) atoms. The van der Waals surface area contributed by atoms with Gasteiger partial charge in [0.15, 0.2) is 0 Å². The van der Waals surface area contributed by atoms with E-state index in [1.54, 1.807) is 0 Å². The van der Waals surface area contributed by atoms with Crippen LogP contribution in [0.3, 0.4) is 0 Å². The Bertz CT molecular complexity index is 531. The Morgan fingerprint density at radius 2 is 2.12 bits per heavy atom. The summed E-state index contributed by atoms with van der Waals surface area (Å²) < 4.78 is 1.04. The van der Waals surface area contributed by atoms with Crippen LogP contribution in [0.25, 0.3) is 11.3 Å². The second-order valence-corrected chi connectivity index (χ2v) is 5.01. The minimum Gasteiger partial charge on any atom is -0.314 e. The number of rotatable bonds is 3. The van der Waals surface area contributed by atoms with Crippen molar-refractivity contribution in [1.82, 2.24) is 15.5 Å². The third kappa shape index (κ3) is 2.42. The first-order valence-corrected chi connectivity index (χ1v) is 6.37. The molecule has 4 heteroatoms. The maximum Gasteiger partial charge on any atom is 0.107 e. The Hall–Kier alpha value is -1.13. The van der Waals surface area contributed by atoms with Crippen LogP contribution in [0.4, 0.5) is 0 Å². The van der Waals surface area contributed by atoms with Gasteiger partial charge in [-0.1, -0.05) is 17.7 Å². The molecule has 0 fully saturated rings. The highest BCUT2D eigenvalue weighted by Crippen LogP contribution is 2.31. The minimum absolute atomic E-state index is 0.776. The fourth-order valence-electron chi connectivity index (χ4n) is 1.83. The highest BCUT2D eigenvalue weighted by Gasteiger charge is 2.13. The van der Waals surface area contributed by atoms with E-state index in [4.69, 9.17) is 0 Å². The van der Waals surface area contributed by atoms with Crippen LogP contribution < -0.4 is 5.32 Å². The Morgan fingerprint density at radius 3 is 2.82 bits per heavy atom. The highest BCUT2D eigenvalue weighted by molar-refractivity contribution is 9.10. The van der Waals surface area contributed by atoms with Crippen LogP contribution in [0.2, 0.25) is 0 Å². The first kappa shape index (κ1) is 12.3. The second kappa shape index (κ2) is 5.02. The zero-order valence-electron chi connectivity index (χ0n) is 10.3. The Kier molecular flexibility index (Phi) is 3.64. The summed E-state index contributed by atoms with van der Waals surface area (Å²) in [6.07, 6.45) is 0. The fourth-order valence-corrected chi connectivity index (χ4v) is 2.36. The van der Waals surface area contributed by atoms with Gasteiger partial charge in [-0.25, -0.2) is 0 Å². The molecule has 0 amide bonds. The lowest BCUT2D eigenvalue weighted by molar-refractivity contribution is 0.781. The molecule has 0 aliphatic heterocycles. The quantitative estimate of drug-likeness (QED) is 0.913. The predicted octanol–water partition coefficient (Wildman–Crippen LogP) is 3.18. The van der Waals surface area contributed by atoms with Crippen molar-refractivity contribution in [2.75, 3.05) is 7.05 Å². The summed E-state index contributed by atoms with van der Waals surface area (Å²) in [5.41, 5.74) is 5.71. The summed E-state index contributed by atoms with van der Waals surface area (Å²) in [4.78, 5) is 0. The highest BCUT2D eigenvalue weighted by atomic mass is 79.9. The van der Waals surface area contributed by atoms with Crippen molar-refractivity contribution < 1.29 is 0 Å². The third-order valence-corrected chi connectivity index (χ3v) is 3.63. The van der Waals surface area contributed by atoms with Gasteiger partial charge in [-0.05, 0) is 48.5 Å². The summed E-state index contributed by atoms with van der Waals surface area (Å²) in [6.45, 7) is 4.98. The smallest absolute Gasteiger partial charge is 0.107 e. The molecule has 0 saturated heterocycles. The summed E-state index contributed by atoms with van der Waals surface area (Å²) in [6, 6.07) is 6.41. The van der Waals surface area contributed by atoms with E-state index in [-0.39, 0.29) is 0 Å². The van der Waals surface area contributed by atoms with Gasteiger partial charge >= 0.3 is 0 Å². The number of hydrogen-bond acceptors (Lipinski definition) is 2. The maximum atomic E-state index is 4.39. The molecular formula is C13H16BrN3. The van der Waals surface area contributed by atoms with Gasteiger partial charge in [0.05, 0.1) is 10.2 Å². The molecule has 1 aromatic heterocycles. The summed E-state index contributed by atoms with van der Waals surface area (Å²) in [7, 11) is 1.92. The van der Waals surface area contributed by atoms with Crippen molar-refractivity contribution in [2.45, 2.75) is 20.4 Å². The molecule has 0 unspecified atom stereocenters. The van der Waals surface area contributed by atoms with Gasteiger partial charge in [0, 0.05) is 12.1 Å². The lowest BCUT2D eigenvalue weighted by Gasteiger charge is -2.05. The first-order valence-electron chi connectivity index (χ1n) is 5.58. The molecule has 2 N–H and O–H groups in total. The van der Waals surface area contributed by atoms with E-state index >= 15 is 0 Å². The molecule has 1 heterocycles. The van der Waals surface area contributed by atoms with Gasteiger partial charge in [-0.3, -0.25) is 5.10 Å². The summed E-state index contributed by atoms with van der Waals surface area (Å²) in [5.74, 6) is 0. The van der Waals surface area contributed by atoms with Gasteiger partial charge in [-0.15, -0.1) is 0 Å². The molecule has 0 aliphatic rings. The van der Waals surface area contributed by atoms with Crippen LogP contribution in [0.1, 0.15) is 16.8 Å². The van der Waals surface area contributed by atoms with E-state index in [1.807, 2.05) is 7.05 Å². The first-order chi connectivity index (χ1) is 8.13. The normalized spacial score (nSPS) is 10.8. The number of benzene rings is 1. The number of H-pyrrole nitrogens is 1. The van der Waals surface area contributed by atoms with Crippen LogP contribution in [0.5, 0.6) is 0 Å². The van der Waals surface area contributed by atoms with Crippen LogP contribution in [0, 0.1) is 13.8 Å². The molecule has 2 aromatic rings. The van der Waals surface area contributed by atoms with E-state index in [9.17, 15) is 0 Å². The number of halogens is 1. The lowest BCUT2D eigenvalue weighted by atomic mass is 10.0. The zero-order chi connectivity index (χ0) is 12.4. The van der Waals surface area contributed by atoms with E-state index in [0.717, 1.165) is 22.4 Å². The molecular weight excluding hydrogens is 278 g/mol. The molecule has 0 radical (unpaired) electrons. The second-order valence-electron chi connectivity index (χ2n) is 4.21. The van der Waals surface area contributed by atoms with Gasteiger partial charge in [0.25, 0.3) is 0 Å². The Morgan fingerprint density at radius 1 is 1.35 bits per heavy atom. The van der Waals surface area contributed by atoms with Gasteiger partial charge in [-0.2, -0.15) is 5.10 Å². The van der Waals surface area contributed by atoms with Crippen LogP contribution in [-0.2, 0) is 6.54 Å². The van der Waals surface area contributed by atoms with Crippen molar-refractivity contribution in [1.29, 1.82) is 0 Å². The molecule has 3 nitrogen and oxygen atoms in total. The Labute approximate surface area is 110 Å². The molecule has 0 aliphatic carbocycles. The molecule has 2 rings (SSSR count). The molecule has 0 atom stereocenters. The van der Waals surface area contributed by atoms with Crippen LogP contribution in [0.15, 0.2) is 22.7 Å². The lowest BCUT2D eigenvalue weighted by Crippen LogP contribution is -2.05. The number of hydrogen-bond donors (Lipinski definition) is 2. The minimum atomic E-state index is 0.776. The molecule has 90 valence electrons. The number of nitrogens with one attached hydrogen (secondary N) is 2. The topological polar surface area (TPSA) is 40.7 Å². The SMILES string of the molecule is CNCc1[nH]nc(-c2cc(C)ccc2C)c1Br. The average Bonchev–Trinajstić information content (AvgIpc) is 2.65. The molecule has 0 spiro atoms. The van der Waals surface area contributed by atoms with Crippen LogP contribution >= 0.6 is 15.9 Å². The summed E-state index contributed by atoms with van der Waals surface area (Å²) >= 11 is 3.61. The number of aryl methyl sites for hydroxylation is 2. The standard InChI is InChI=1S/C13H16BrN3/c1-8-4-5-9(2)10(6-8)13-12(14)11(7-15-3)16-17-13/h4-6,15H,7H2,1-3H3,(H,16,17).